The van der Waals surface area contributed by atoms with Gasteiger partial charge in [-0.1, -0.05) is 11.6 Å². The molecule has 0 atom stereocenters. The van der Waals surface area contributed by atoms with Crippen LogP contribution in [0, 0.1) is 3.70 Å². The number of rotatable bonds is 0. The van der Waals surface area contributed by atoms with Crippen LogP contribution in [0.15, 0.2) is 4.79 Å². The van der Waals surface area contributed by atoms with E-state index in [4.69, 9.17) is 11.6 Å². The van der Waals surface area contributed by atoms with Gasteiger partial charge < -0.3 is 0 Å². The lowest BCUT2D eigenvalue weighted by Gasteiger charge is -1.83. The summed E-state index contributed by atoms with van der Waals surface area (Å²) >= 11 is 8.10. The molecule has 0 saturated heterocycles. The first-order chi connectivity index (χ1) is 4.22. The topological polar surface area (TPSA) is 42.9 Å². The molecule has 0 saturated carbocycles. The third kappa shape index (κ3) is 1.59. The highest BCUT2D eigenvalue weighted by atomic mass is 127. The van der Waals surface area contributed by atoms with Crippen LogP contribution >= 0.6 is 45.9 Å². The molecule has 0 aromatic carbocycles. The molecule has 0 aliphatic carbocycles. The van der Waals surface area contributed by atoms with Gasteiger partial charge in [-0.25, -0.2) is 0 Å². The van der Waals surface area contributed by atoms with E-state index in [0.29, 0.717) is 3.70 Å². The van der Waals surface area contributed by atoms with Crippen LogP contribution in [0.1, 0.15) is 0 Å². The second kappa shape index (κ2) is 2.89. The summed E-state index contributed by atoms with van der Waals surface area (Å²) in [6.45, 7) is 0. The Kier molecular flexibility index (Phi) is 2.36. The summed E-state index contributed by atoms with van der Waals surface area (Å²) in [5, 5.41) is -0.000556. The molecule has 3 nitrogen and oxygen atoms in total. The molecule has 0 aliphatic heterocycles. The van der Waals surface area contributed by atoms with Crippen LogP contribution < -0.4 is 5.43 Å². The van der Waals surface area contributed by atoms with Gasteiger partial charge in [0, 0.05) is 0 Å². The van der Waals surface area contributed by atoms with Crippen LogP contribution in [0.3, 0.4) is 0 Å². The summed E-state index contributed by atoms with van der Waals surface area (Å²) < 4.78 is 7.55. The van der Waals surface area contributed by atoms with Crippen molar-refractivity contribution in [1.82, 2.24) is 8.75 Å². The van der Waals surface area contributed by atoms with E-state index in [1.54, 1.807) is 0 Å². The van der Waals surface area contributed by atoms with Crippen LogP contribution in [0.5, 0.6) is 0 Å². The van der Waals surface area contributed by atoms with Crippen molar-refractivity contribution >= 4 is 45.9 Å². The molecule has 6 heteroatoms. The van der Waals surface area contributed by atoms with Gasteiger partial charge in [0.2, 0.25) is 5.43 Å². The van der Waals surface area contributed by atoms with Gasteiger partial charge in [-0.05, 0) is 22.6 Å². The van der Waals surface area contributed by atoms with Gasteiger partial charge in [0.15, 0.2) is 8.85 Å². The molecule has 1 rings (SSSR count). The summed E-state index contributed by atoms with van der Waals surface area (Å²) in [5.74, 6) is 0. The molecule has 0 bridgehead atoms. The Bertz CT molecular complexity index is 252. The Morgan fingerprint density at radius 2 is 2.22 bits per heavy atom. The maximum Gasteiger partial charge on any atom is 0.249 e. The van der Waals surface area contributed by atoms with Gasteiger partial charge in [-0.3, -0.25) is 4.79 Å². The summed E-state index contributed by atoms with van der Waals surface area (Å²) in [5.41, 5.74) is -0.295. The third-order valence-electron chi connectivity index (χ3n) is 0.617. The highest BCUT2D eigenvalue weighted by Gasteiger charge is 2.00. The zero-order valence-electron chi connectivity index (χ0n) is 3.97. The normalized spacial score (nSPS) is 9.56. The quantitative estimate of drug-likeness (QED) is 0.667. The molecule has 9 heavy (non-hydrogen) atoms. The van der Waals surface area contributed by atoms with E-state index in [0.717, 1.165) is 11.7 Å². The fourth-order valence-electron chi connectivity index (χ4n) is 0.260. The summed E-state index contributed by atoms with van der Waals surface area (Å²) in [7, 11) is 0. The van der Waals surface area contributed by atoms with Crippen LogP contribution in [-0.4, -0.2) is 8.75 Å². The van der Waals surface area contributed by atoms with Crippen molar-refractivity contribution in [2.45, 2.75) is 0 Å². The van der Waals surface area contributed by atoms with Gasteiger partial charge in [-0.2, -0.15) is 8.75 Å². The predicted octanol–water partition coefficient (Wildman–Crippen LogP) is 1.16. The largest absolute Gasteiger partial charge is 0.283 e. The van der Waals surface area contributed by atoms with E-state index in [1.807, 2.05) is 22.6 Å². The monoisotopic (exact) mass is 274 g/mol. The first kappa shape index (κ1) is 7.36. The van der Waals surface area contributed by atoms with E-state index in [9.17, 15) is 4.79 Å². The van der Waals surface area contributed by atoms with E-state index >= 15 is 0 Å². The maximum atomic E-state index is 10.7. The summed E-state index contributed by atoms with van der Waals surface area (Å²) in [4.78, 5) is 10.7. The van der Waals surface area contributed by atoms with Crippen LogP contribution in [0.2, 0.25) is 5.15 Å². The van der Waals surface area contributed by atoms with Gasteiger partial charge in [0.05, 0.1) is 11.7 Å². The molecule has 0 N–H and O–H groups in total. The van der Waals surface area contributed by atoms with Crippen LogP contribution in [0.4, 0.5) is 0 Å². The van der Waals surface area contributed by atoms with Gasteiger partial charge in [0.1, 0.15) is 0 Å². The number of nitrogens with zero attached hydrogens (tertiary/aromatic N) is 2. The molecule has 0 radical (unpaired) electrons. The minimum absolute atomic E-state index is 0.000556. The number of aromatic nitrogens is 2. The van der Waals surface area contributed by atoms with Gasteiger partial charge in [-0.15, -0.1) is 0 Å². The lowest BCUT2D eigenvalue weighted by molar-refractivity contribution is 1.30. The smallest absolute Gasteiger partial charge is 0.249 e. The van der Waals surface area contributed by atoms with Gasteiger partial charge in [0.25, 0.3) is 0 Å². The highest BCUT2D eigenvalue weighted by Crippen LogP contribution is 1.99. The first-order valence-corrected chi connectivity index (χ1v) is 4.08. The Balaban J connectivity index is 3.43. The van der Waals surface area contributed by atoms with E-state index in [1.165, 1.54) is 0 Å². The fourth-order valence-corrected chi connectivity index (χ4v) is 1.47. The minimum Gasteiger partial charge on any atom is -0.283 e. The molecule has 0 amide bonds. The van der Waals surface area contributed by atoms with Crippen molar-refractivity contribution in [3.05, 3.63) is 19.1 Å². The Morgan fingerprint density at radius 3 is 2.67 bits per heavy atom. The second-order valence-corrected chi connectivity index (χ2v) is 3.08. The van der Waals surface area contributed by atoms with Crippen LogP contribution in [-0.2, 0) is 0 Å². The molecule has 1 aromatic heterocycles. The summed E-state index contributed by atoms with van der Waals surface area (Å²) in [6.07, 6.45) is 0. The summed E-state index contributed by atoms with van der Waals surface area (Å²) in [6, 6.07) is 0. The maximum absolute atomic E-state index is 10.7. The lowest BCUT2D eigenvalue weighted by atomic mass is 10.7. The number of halogens is 2. The predicted molar refractivity (Wildman–Crippen MR) is 43.9 cm³/mol. The average Bonchev–Trinajstić information content (AvgIpc) is 1.83. The molecular weight excluding hydrogens is 274 g/mol. The second-order valence-electron chi connectivity index (χ2n) is 1.17. The van der Waals surface area contributed by atoms with Crippen molar-refractivity contribution in [3.8, 4) is 0 Å². The standard InChI is InChI=1S/C3ClIN2OS/c4-2-1(8)3(5)7-9-6-2. The molecule has 48 valence electrons. The Hall–Kier alpha value is 0.250. The lowest BCUT2D eigenvalue weighted by Crippen LogP contribution is -2.07. The van der Waals surface area contributed by atoms with Crippen molar-refractivity contribution in [1.29, 1.82) is 0 Å². The van der Waals surface area contributed by atoms with E-state index in [2.05, 4.69) is 8.75 Å². The van der Waals surface area contributed by atoms with Crippen molar-refractivity contribution < 1.29 is 0 Å². The van der Waals surface area contributed by atoms with Crippen molar-refractivity contribution in [3.63, 3.8) is 0 Å². The van der Waals surface area contributed by atoms with E-state index < -0.39 is 0 Å². The SMILES string of the molecule is O=c1c(Cl)nsnc1I. The Morgan fingerprint density at radius 1 is 1.56 bits per heavy atom. The first-order valence-electron chi connectivity index (χ1n) is 1.89. The minimum atomic E-state index is -0.295. The third-order valence-corrected chi connectivity index (χ3v) is 2.56. The molecule has 0 fully saturated rings. The number of hydrogen-bond donors (Lipinski definition) is 0. The molecule has 1 heterocycles. The zero-order chi connectivity index (χ0) is 6.85. The molecule has 0 unspecified atom stereocenters. The highest BCUT2D eigenvalue weighted by molar-refractivity contribution is 14.1. The van der Waals surface area contributed by atoms with Crippen LogP contribution in [0.25, 0.3) is 0 Å². The van der Waals surface area contributed by atoms with Gasteiger partial charge >= 0.3 is 0 Å². The molecule has 0 spiro atoms. The molecule has 1 aromatic rings. The van der Waals surface area contributed by atoms with Crippen molar-refractivity contribution in [2.24, 2.45) is 0 Å². The zero-order valence-corrected chi connectivity index (χ0v) is 7.70. The van der Waals surface area contributed by atoms with Crippen molar-refractivity contribution in [2.75, 3.05) is 0 Å². The van der Waals surface area contributed by atoms with E-state index in [-0.39, 0.29) is 10.6 Å². The molecular formula is C3ClIN2OS. The average molecular weight is 274 g/mol. The fraction of sp³-hybridized carbons (Fsp3) is 0. The Labute approximate surface area is 73.5 Å². The number of hydrogen-bond acceptors (Lipinski definition) is 4. The molecule has 0 aliphatic rings.